The molecule has 0 amide bonds. The first-order chi connectivity index (χ1) is 9.69. The third kappa shape index (κ3) is 4.36. The van der Waals surface area contributed by atoms with Crippen molar-refractivity contribution >= 4 is 11.6 Å². The first kappa shape index (κ1) is 15.1. The van der Waals surface area contributed by atoms with E-state index in [-0.39, 0.29) is 0 Å². The van der Waals surface area contributed by atoms with Gasteiger partial charge in [0.25, 0.3) is 0 Å². The Morgan fingerprint density at radius 3 is 2.65 bits per heavy atom. The fraction of sp³-hybridized carbons (Fsp3) is 0.438. The van der Waals surface area contributed by atoms with Crippen molar-refractivity contribution in [2.24, 2.45) is 7.05 Å². The van der Waals surface area contributed by atoms with E-state index >= 15 is 0 Å². The van der Waals surface area contributed by atoms with E-state index in [0.717, 1.165) is 31.0 Å². The molecule has 0 spiro atoms. The second kappa shape index (κ2) is 7.46. The average Bonchev–Trinajstić information content (AvgIpc) is 2.86. The summed E-state index contributed by atoms with van der Waals surface area (Å²) in [4.78, 5) is 0. The summed E-state index contributed by atoms with van der Waals surface area (Å²) in [6, 6.07) is 8.21. The standard InChI is InChI=1S/C16H22ClN3/c1-3-18-11-15(14-6-8-16(17)9-7-14)5-4-13-10-19-20(2)12-13/h6-10,12,15,18H,3-5,11H2,1-2H3. The topological polar surface area (TPSA) is 29.9 Å². The van der Waals surface area contributed by atoms with Crippen LogP contribution in [-0.4, -0.2) is 22.9 Å². The molecular weight excluding hydrogens is 270 g/mol. The average molecular weight is 292 g/mol. The number of aromatic nitrogens is 2. The van der Waals surface area contributed by atoms with Gasteiger partial charge in [-0.1, -0.05) is 30.7 Å². The highest BCUT2D eigenvalue weighted by Crippen LogP contribution is 2.23. The monoisotopic (exact) mass is 291 g/mol. The summed E-state index contributed by atoms with van der Waals surface area (Å²) in [5.41, 5.74) is 2.64. The lowest BCUT2D eigenvalue weighted by molar-refractivity contribution is 0.561. The van der Waals surface area contributed by atoms with Crippen molar-refractivity contribution in [3.8, 4) is 0 Å². The molecule has 0 aliphatic rings. The predicted octanol–water partition coefficient (Wildman–Crippen LogP) is 3.40. The molecule has 1 unspecified atom stereocenters. The first-order valence-corrected chi connectivity index (χ1v) is 7.50. The lowest BCUT2D eigenvalue weighted by Gasteiger charge is -2.17. The Morgan fingerprint density at radius 1 is 1.30 bits per heavy atom. The van der Waals surface area contributed by atoms with Crippen LogP contribution in [-0.2, 0) is 13.5 Å². The van der Waals surface area contributed by atoms with Gasteiger partial charge in [-0.05, 0) is 48.6 Å². The summed E-state index contributed by atoms with van der Waals surface area (Å²) in [6.45, 7) is 4.13. The van der Waals surface area contributed by atoms with Crippen molar-refractivity contribution in [1.29, 1.82) is 0 Å². The van der Waals surface area contributed by atoms with Gasteiger partial charge in [-0.15, -0.1) is 0 Å². The van der Waals surface area contributed by atoms with Gasteiger partial charge in [0.1, 0.15) is 0 Å². The third-order valence-electron chi connectivity index (χ3n) is 3.52. The van der Waals surface area contributed by atoms with Crippen molar-refractivity contribution in [2.45, 2.75) is 25.7 Å². The molecule has 0 aliphatic carbocycles. The fourth-order valence-electron chi connectivity index (χ4n) is 2.38. The van der Waals surface area contributed by atoms with Crippen molar-refractivity contribution in [3.63, 3.8) is 0 Å². The van der Waals surface area contributed by atoms with Crippen LogP contribution in [0, 0.1) is 0 Å². The van der Waals surface area contributed by atoms with Gasteiger partial charge < -0.3 is 5.32 Å². The van der Waals surface area contributed by atoms with Gasteiger partial charge in [0.2, 0.25) is 0 Å². The Hall–Kier alpha value is -1.32. The van der Waals surface area contributed by atoms with Gasteiger partial charge in [0.05, 0.1) is 6.20 Å². The van der Waals surface area contributed by atoms with Crippen molar-refractivity contribution < 1.29 is 0 Å². The van der Waals surface area contributed by atoms with E-state index in [9.17, 15) is 0 Å². The maximum atomic E-state index is 5.97. The van der Waals surface area contributed by atoms with Gasteiger partial charge in [-0.25, -0.2) is 0 Å². The minimum atomic E-state index is 0.507. The highest BCUT2D eigenvalue weighted by molar-refractivity contribution is 6.30. The van der Waals surface area contributed by atoms with Crippen LogP contribution in [0.1, 0.15) is 30.4 Å². The molecule has 0 radical (unpaired) electrons. The smallest absolute Gasteiger partial charge is 0.0521 e. The second-order valence-electron chi connectivity index (χ2n) is 5.12. The number of hydrogen-bond acceptors (Lipinski definition) is 2. The van der Waals surface area contributed by atoms with Crippen LogP contribution in [0.15, 0.2) is 36.7 Å². The Balaban J connectivity index is 2.01. The molecule has 0 saturated heterocycles. The maximum Gasteiger partial charge on any atom is 0.0521 e. The van der Waals surface area contributed by atoms with Gasteiger partial charge in [-0.3, -0.25) is 4.68 Å². The summed E-state index contributed by atoms with van der Waals surface area (Å²) < 4.78 is 1.86. The Labute approximate surface area is 126 Å². The van der Waals surface area contributed by atoms with Gasteiger partial charge >= 0.3 is 0 Å². The minimum Gasteiger partial charge on any atom is -0.316 e. The molecule has 4 heteroatoms. The Bertz CT molecular complexity index is 519. The summed E-state index contributed by atoms with van der Waals surface area (Å²) in [5, 5.41) is 8.47. The molecule has 2 rings (SSSR count). The van der Waals surface area contributed by atoms with Crippen LogP contribution in [0.4, 0.5) is 0 Å². The molecule has 0 bridgehead atoms. The molecule has 108 valence electrons. The molecule has 0 saturated carbocycles. The fourth-order valence-corrected chi connectivity index (χ4v) is 2.51. The summed E-state index contributed by atoms with van der Waals surface area (Å²) >= 11 is 5.97. The molecule has 1 heterocycles. The minimum absolute atomic E-state index is 0.507. The Kier molecular flexibility index (Phi) is 5.62. The van der Waals surface area contributed by atoms with Crippen molar-refractivity contribution in [1.82, 2.24) is 15.1 Å². The van der Waals surface area contributed by atoms with Crippen LogP contribution in [0.25, 0.3) is 0 Å². The summed E-state index contributed by atoms with van der Waals surface area (Å²) in [6.07, 6.45) is 6.20. The predicted molar refractivity (Wildman–Crippen MR) is 84.3 cm³/mol. The number of aryl methyl sites for hydroxylation is 2. The SMILES string of the molecule is CCNCC(CCc1cnn(C)c1)c1ccc(Cl)cc1. The largest absolute Gasteiger partial charge is 0.316 e. The highest BCUT2D eigenvalue weighted by Gasteiger charge is 2.11. The number of nitrogens with zero attached hydrogens (tertiary/aromatic N) is 2. The van der Waals surface area contributed by atoms with Gasteiger partial charge in [0, 0.05) is 24.8 Å². The van der Waals surface area contributed by atoms with Crippen molar-refractivity contribution in [2.75, 3.05) is 13.1 Å². The van der Waals surface area contributed by atoms with Crippen LogP contribution in [0.5, 0.6) is 0 Å². The van der Waals surface area contributed by atoms with E-state index in [4.69, 9.17) is 11.6 Å². The van der Waals surface area contributed by atoms with E-state index in [0.29, 0.717) is 5.92 Å². The van der Waals surface area contributed by atoms with Gasteiger partial charge in [-0.2, -0.15) is 5.10 Å². The number of benzene rings is 1. The lowest BCUT2D eigenvalue weighted by atomic mass is 9.93. The molecule has 1 aromatic carbocycles. The molecule has 0 aliphatic heterocycles. The molecule has 1 aromatic heterocycles. The molecule has 2 aromatic rings. The third-order valence-corrected chi connectivity index (χ3v) is 3.77. The number of halogens is 1. The summed E-state index contributed by atoms with van der Waals surface area (Å²) in [7, 11) is 1.96. The van der Waals surface area contributed by atoms with Gasteiger partial charge in [0.15, 0.2) is 0 Å². The molecule has 0 fully saturated rings. The van der Waals surface area contributed by atoms with E-state index in [2.05, 4.69) is 35.7 Å². The number of nitrogens with one attached hydrogen (secondary N) is 1. The van der Waals surface area contributed by atoms with Crippen LogP contribution >= 0.6 is 11.6 Å². The lowest BCUT2D eigenvalue weighted by Crippen LogP contribution is -2.21. The van der Waals surface area contributed by atoms with Crippen LogP contribution in [0.3, 0.4) is 0 Å². The van der Waals surface area contributed by atoms with E-state index < -0.39 is 0 Å². The zero-order valence-electron chi connectivity index (χ0n) is 12.1. The van der Waals surface area contributed by atoms with E-state index in [1.54, 1.807) is 0 Å². The molecule has 1 atom stereocenters. The number of likely N-dealkylation sites (N-methyl/N-ethyl adjacent to an activating group) is 1. The zero-order valence-corrected chi connectivity index (χ0v) is 12.9. The molecule has 3 nitrogen and oxygen atoms in total. The normalized spacial score (nSPS) is 12.6. The zero-order chi connectivity index (χ0) is 14.4. The number of hydrogen-bond donors (Lipinski definition) is 1. The number of rotatable bonds is 7. The maximum absolute atomic E-state index is 5.97. The first-order valence-electron chi connectivity index (χ1n) is 7.12. The quantitative estimate of drug-likeness (QED) is 0.847. The van der Waals surface area contributed by atoms with Crippen molar-refractivity contribution in [3.05, 3.63) is 52.8 Å². The molecular formula is C16H22ClN3. The summed E-state index contributed by atoms with van der Waals surface area (Å²) in [5.74, 6) is 0.507. The van der Waals surface area contributed by atoms with Crippen LogP contribution < -0.4 is 5.32 Å². The van der Waals surface area contributed by atoms with E-state index in [1.165, 1.54) is 11.1 Å². The molecule has 1 N–H and O–H groups in total. The molecule has 20 heavy (non-hydrogen) atoms. The Morgan fingerprint density at radius 2 is 2.05 bits per heavy atom. The van der Waals surface area contributed by atoms with E-state index in [1.807, 2.05) is 30.1 Å². The second-order valence-corrected chi connectivity index (χ2v) is 5.55. The highest BCUT2D eigenvalue weighted by atomic mass is 35.5. The van der Waals surface area contributed by atoms with Crippen LogP contribution in [0.2, 0.25) is 5.02 Å².